The third-order valence-corrected chi connectivity index (χ3v) is 5.01. The molecule has 112 valence electrons. The van der Waals surface area contributed by atoms with Crippen molar-refractivity contribution < 1.29 is 22.4 Å². The Bertz CT molecular complexity index is 587. The van der Waals surface area contributed by atoms with Crippen molar-refractivity contribution in [2.45, 2.75) is 49.5 Å². The van der Waals surface area contributed by atoms with Crippen LogP contribution in [0.2, 0.25) is 0 Å². The fourth-order valence-corrected chi connectivity index (χ4v) is 3.72. The van der Waals surface area contributed by atoms with Gasteiger partial charge in [-0.1, -0.05) is 12.8 Å². The van der Waals surface area contributed by atoms with E-state index in [9.17, 15) is 13.2 Å². The molecule has 8 heteroatoms. The number of hydrogen-bond acceptors (Lipinski definition) is 5. The summed E-state index contributed by atoms with van der Waals surface area (Å²) in [6.07, 6.45) is 5.88. The second-order valence-electron chi connectivity index (χ2n) is 4.81. The van der Waals surface area contributed by atoms with Crippen LogP contribution in [0.3, 0.4) is 0 Å². The van der Waals surface area contributed by atoms with Gasteiger partial charge in [0.25, 0.3) is 0 Å². The van der Waals surface area contributed by atoms with Gasteiger partial charge in [0.2, 0.25) is 15.8 Å². The molecule has 1 aromatic rings. The molecule has 2 N–H and O–H groups in total. The van der Waals surface area contributed by atoms with Crippen molar-refractivity contribution in [1.82, 2.24) is 0 Å². The molecule has 0 bridgehead atoms. The van der Waals surface area contributed by atoms with E-state index in [0.29, 0.717) is 0 Å². The summed E-state index contributed by atoms with van der Waals surface area (Å²) >= 11 is 2.93. The van der Waals surface area contributed by atoms with E-state index in [1.807, 2.05) is 0 Å². The van der Waals surface area contributed by atoms with Gasteiger partial charge in [-0.15, -0.1) is 0 Å². The van der Waals surface area contributed by atoms with E-state index < -0.39 is 16.0 Å². The summed E-state index contributed by atoms with van der Waals surface area (Å²) in [4.78, 5) is 11.7. The van der Waals surface area contributed by atoms with Gasteiger partial charge in [0.15, 0.2) is 4.67 Å². The van der Waals surface area contributed by atoms with Crippen LogP contribution < -0.4 is 5.14 Å². The van der Waals surface area contributed by atoms with Crippen molar-refractivity contribution in [1.29, 1.82) is 0 Å². The molecule has 1 heterocycles. The van der Waals surface area contributed by atoms with Crippen LogP contribution in [0.15, 0.2) is 20.0 Å². The van der Waals surface area contributed by atoms with Crippen molar-refractivity contribution in [3.05, 3.63) is 16.5 Å². The second kappa shape index (κ2) is 6.28. The number of primary sulfonamides is 1. The molecular formula is C12H16BrNO5S. The van der Waals surface area contributed by atoms with Crippen molar-refractivity contribution in [2.24, 2.45) is 5.14 Å². The monoisotopic (exact) mass is 365 g/mol. The summed E-state index contributed by atoms with van der Waals surface area (Å²) in [5.74, 6) is -0.822. The Morgan fingerprint density at radius 3 is 2.40 bits per heavy atom. The molecule has 1 aliphatic rings. The topological polar surface area (TPSA) is 99.6 Å². The molecule has 1 aliphatic carbocycles. The predicted octanol–water partition coefficient (Wildman–Crippen LogP) is 2.57. The zero-order valence-corrected chi connectivity index (χ0v) is 13.2. The van der Waals surface area contributed by atoms with E-state index in [1.54, 1.807) is 0 Å². The summed E-state index contributed by atoms with van der Waals surface area (Å²) in [7, 11) is -3.93. The maximum atomic E-state index is 11.9. The molecule has 20 heavy (non-hydrogen) atoms. The Balaban J connectivity index is 2.09. The van der Waals surface area contributed by atoms with Gasteiger partial charge in [0.1, 0.15) is 11.0 Å². The molecule has 0 saturated heterocycles. The molecule has 2 rings (SSSR count). The average Bonchev–Trinajstić information content (AvgIpc) is 2.58. The van der Waals surface area contributed by atoms with Crippen LogP contribution in [0.1, 0.15) is 49.1 Å². The highest BCUT2D eigenvalue weighted by Gasteiger charge is 2.25. The fourth-order valence-electron chi connectivity index (χ4n) is 2.22. The molecule has 0 amide bonds. The van der Waals surface area contributed by atoms with Crippen LogP contribution in [0, 0.1) is 0 Å². The van der Waals surface area contributed by atoms with Crippen LogP contribution in [0.5, 0.6) is 0 Å². The zero-order valence-electron chi connectivity index (χ0n) is 10.8. The number of nitrogens with two attached hydrogens (primary N) is 1. The summed E-state index contributed by atoms with van der Waals surface area (Å²) in [5, 5.41) is 5.01. The molecule has 0 unspecified atom stereocenters. The molecule has 0 atom stereocenters. The number of halogens is 1. The predicted molar refractivity (Wildman–Crippen MR) is 74.7 cm³/mol. The molecular weight excluding hydrogens is 350 g/mol. The minimum absolute atomic E-state index is 0.0900. The summed E-state index contributed by atoms with van der Waals surface area (Å²) in [5.41, 5.74) is 0. The number of carbonyl (C=O) groups excluding carboxylic acids is 1. The quantitative estimate of drug-likeness (QED) is 0.655. The highest BCUT2D eigenvalue weighted by molar-refractivity contribution is 9.10. The Labute approximate surface area is 125 Å². The first-order chi connectivity index (χ1) is 9.38. The Kier molecular flexibility index (Phi) is 4.87. The van der Waals surface area contributed by atoms with Crippen LogP contribution in [-0.2, 0) is 14.8 Å². The number of rotatable bonds is 3. The molecule has 1 saturated carbocycles. The van der Waals surface area contributed by atoms with Crippen LogP contribution in [0.4, 0.5) is 0 Å². The number of esters is 1. The Morgan fingerprint density at radius 1 is 1.30 bits per heavy atom. The van der Waals surface area contributed by atoms with Gasteiger partial charge in [-0.2, -0.15) is 0 Å². The average molecular weight is 366 g/mol. The van der Waals surface area contributed by atoms with E-state index in [-0.39, 0.29) is 21.4 Å². The van der Waals surface area contributed by atoms with Gasteiger partial charge >= 0.3 is 5.97 Å². The molecule has 0 spiro atoms. The van der Waals surface area contributed by atoms with Gasteiger partial charge < -0.3 is 9.15 Å². The van der Waals surface area contributed by atoms with Crippen molar-refractivity contribution >= 4 is 31.9 Å². The van der Waals surface area contributed by atoms with E-state index in [2.05, 4.69) is 15.9 Å². The third-order valence-electron chi connectivity index (χ3n) is 3.24. The molecule has 1 fully saturated rings. The second-order valence-corrected chi connectivity index (χ2v) is 7.06. The van der Waals surface area contributed by atoms with Gasteiger partial charge in [-0.05, 0) is 41.6 Å². The van der Waals surface area contributed by atoms with Gasteiger partial charge in [-0.25, -0.2) is 18.4 Å². The van der Waals surface area contributed by atoms with Gasteiger partial charge in [-0.3, -0.25) is 0 Å². The number of carbonyl (C=O) groups is 1. The first kappa shape index (κ1) is 15.5. The van der Waals surface area contributed by atoms with Gasteiger partial charge in [0, 0.05) is 6.07 Å². The molecule has 0 aliphatic heterocycles. The molecule has 0 aromatic carbocycles. The lowest BCUT2D eigenvalue weighted by molar-refractivity contribution is 0.0230. The highest BCUT2D eigenvalue weighted by Crippen LogP contribution is 2.27. The van der Waals surface area contributed by atoms with E-state index in [4.69, 9.17) is 14.3 Å². The lowest BCUT2D eigenvalue weighted by Gasteiger charge is -2.14. The van der Waals surface area contributed by atoms with E-state index in [0.717, 1.165) is 44.6 Å². The largest absolute Gasteiger partial charge is 0.457 e. The summed E-state index contributed by atoms with van der Waals surface area (Å²) in [6.45, 7) is 0. The number of hydrogen-bond donors (Lipinski definition) is 1. The first-order valence-corrected chi connectivity index (χ1v) is 8.75. The fraction of sp³-hybridized carbons (Fsp3) is 0.583. The van der Waals surface area contributed by atoms with E-state index in [1.165, 1.54) is 0 Å². The number of ether oxygens (including phenoxy) is 1. The minimum Gasteiger partial charge on any atom is -0.457 e. The van der Waals surface area contributed by atoms with Crippen molar-refractivity contribution in [3.8, 4) is 0 Å². The standard InChI is InChI=1S/C12H16BrNO5S/c13-11-10(20(14,16)17)7-9(19-11)12(15)18-8-5-3-1-2-4-6-8/h7-8H,1-6H2,(H2,14,16,17). The van der Waals surface area contributed by atoms with Crippen molar-refractivity contribution in [2.75, 3.05) is 0 Å². The third kappa shape index (κ3) is 3.83. The first-order valence-electron chi connectivity index (χ1n) is 6.41. The number of furan rings is 1. The lowest BCUT2D eigenvalue weighted by Crippen LogP contribution is -2.17. The molecule has 1 aromatic heterocycles. The summed E-state index contributed by atoms with van der Waals surface area (Å²) < 4.78 is 32.8. The minimum atomic E-state index is -3.93. The Morgan fingerprint density at radius 2 is 1.90 bits per heavy atom. The maximum absolute atomic E-state index is 11.9. The zero-order chi connectivity index (χ0) is 14.8. The lowest BCUT2D eigenvalue weighted by atomic mass is 10.1. The molecule has 6 nitrogen and oxygen atoms in total. The number of sulfonamides is 1. The van der Waals surface area contributed by atoms with Crippen LogP contribution in [-0.4, -0.2) is 20.5 Å². The van der Waals surface area contributed by atoms with E-state index >= 15 is 0 Å². The van der Waals surface area contributed by atoms with Gasteiger partial charge in [0.05, 0.1) is 0 Å². The Hall–Kier alpha value is -0.860. The molecule has 0 radical (unpaired) electrons. The summed E-state index contributed by atoms with van der Waals surface area (Å²) in [6, 6.07) is 1.08. The van der Waals surface area contributed by atoms with Crippen LogP contribution in [0.25, 0.3) is 0 Å². The van der Waals surface area contributed by atoms with Crippen LogP contribution >= 0.6 is 15.9 Å². The SMILES string of the molecule is NS(=O)(=O)c1cc(C(=O)OC2CCCCCC2)oc1Br. The maximum Gasteiger partial charge on any atom is 0.374 e. The van der Waals surface area contributed by atoms with Crippen molar-refractivity contribution in [3.63, 3.8) is 0 Å². The smallest absolute Gasteiger partial charge is 0.374 e. The normalized spacial score (nSPS) is 17.7. The highest BCUT2D eigenvalue weighted by atomic mass is 79.9.